The number of nitrogens with zero attached hydrogens (tertiary/aromatic N) is 5. The van der Waals surface area contributed by atoms with Crippen molar-refractivity contribution in [1.29, 1.82) is 0 Å². The molecule has 168 valence electrons. The fourth-order valence-corrected chi connectivity index (χ4v) is 4.35. The van der Waals surface area contributed by atoms with Gasteiger partial charge in [0.2, 0.25) is 0 Å². The van der Waals surface area contributed by atoms with E-state index in [4.69, 9.17) is 19.7 Å². The molecule has 0 saturated carbocycles. The molecule has 2 aromatic carbocycles. The Hall–Kier alpha value is -3.58. The topological polar surface area (TPSA) is 74.8 Å². The Morgan fingerprint density at radius 2 is 1.70 bits per heavy atom. The zero-order chi connectivity index (χ0) is 23.1. The van der Waals surface area contributed by atoms with Gasteiger partial charge in [0, 0.05) is 19.8 Å². The van der Waals surface area contributed by atoms with E-state index in [0.29, 0.717) is 47.8 Å². The van der Waals surface area contributed by atoms with Gasteiger partial charge in [0.1, 0.15) is 16.7 Å². The zero-order valence-electron chi connectivity index (χ0n) is 19.4. The second kappa shape index (κ2) is 8.41. The zero-order valence-corrected chi connectivity index (χ0v) is 19.4. The molecule has 0 aliphatic carbocycles. The van der Waals surface area contributed by atoms with Crippen molar-refractivity contribution < 1.29 is 4.74 Å². The Kier molecular flexibility index (Phi) is 5.42. The van der Waals surface area contributed by atoms with E-state index in [-0.39, 0.29) is 5.56 Å². The maximum atomic E-state index is 13.8. The van der Waals surface area contributed by atoms with E-state index in [1.807, 2.05) is 42.7 Å². The summed E-state index contributed by atoms with van der Waals surface area (Å²) in [5.41, 5.74) is 6.44. The SMILES string of the molecule is CCOCCCn1c(C)nc2c(c1=O)c1nc3ccccc3nc1n2-c1cc(C)ccc1C. The maximum absolute atomic E-state index is 13.8. The number of hydrogen-bond acceptors (Lipinski definition) is 5. The third kappa shape index (κ3) is 3.58. The van der Waals surface area contributed by atoms with Gasteiger partial charge in [-0.15, -0.1) is 0 Å². The van der Waals surface area contributed by atoms with Gasteiger partial charge in [0.15, 0.2) is 11.3 Å². The first-order valence-corrected chi connectivity index (χ1v) is 11.3. The molecule has 5 aromatic rings. The van der Waals surface area contributed by atoms with E-state index in [0.717, 1.165) is 34.3 Å². The molecule has 33 heavy (non-hydrogen) atoms. The smallest absolute Gasteiger partial charge is 0.265 e. The van der Waals surface area contributed by atoms with Gasteiger partial charge >= 0.3 is 0 Å². The number of ether oxygens (including phenoxy) is 1. The van der Waals surface area contributed by atoms with Crippen molar-refractivity contribution in [2.75, 3.05) is 13.2 Å². The Balaban J connectivity index is 1.87. The van der Waals surface area contributed by atoms with Crippen molar-refractivity contribution in [2.45, 2.75) is 40.7 Å². The molecule has 7 heteroatoms. The quantitative estimate of drug-likeness (QED) is 0.359. The lowest BCUT2D eigenvalue weighted by Gasteiger charge is -2.13. The third-order valence-electron chi connectivity index (χ3n) is 6.03. The number of aromatic nitrogens is 5. The van der Waals surface area contributed by atoms with Gasteiger partial charge in [-0.2, -0.15) is 0 Å². The fourth-order valence-electron chi connectivity index (χ4n) is 4.35. The molecule has 0 fully saturated rings. The number of rotatable bonds is 6. The molecule has 0 aliphatic rings. The van der Waals surface area contributed by atoms with Gasteiger partial charge in [-0.3, -0.25) is 13.9 Å². The van der Waals surface area contributed by atoms with Gasteiger partial charge in [0.05, 0.1) is 16.7 Å². The van der Waals surface area contributed by atoms with Gasteiger partial charge in [-0.25, -0.2) is 15.0 Å². The highest BCUT2D eigenvalue weighted by Crippen LogP contribution is 2.30. The molecule has 0 bridgehead atoms. The Morgan fingerprint density at radius 3 is 2.45 bits per heavy atom. The van der Waals surface area contributed by atoms with Crippen LogP contribution >= 0.6 is 0 Å². The van der Waals surface area contributed by atoms with Crippen LogP contribution in [0.25, 0.3) is 38.9 Å². The van der Waals surface area contributed by atoms with Crippen LogP contribution in [0.15, 0.2) is 47.3 Å². The van der Waals surface area contributed by atoms with Crippen molar-refractivity contribution in [2.24, 2.45) is 0 Å². The molecular formula is C26H27N5O2. The molecule has 0 unspecified atom stereocenters. The number of fused-ring (bicyclic) bond motifs is 4. The Labute approximate surface area is 191 Å². The fraction of sp³-hybridized carbons (Fsp3) is 0.308. The predicted molar refractivity (Wildman–Crippen MR) is 131 cm³/mol. The second-order valence-electron chi connectivity index (χ2n) is 8.37. The summed E-state index contributed by atoms with van der Waals surface area (Å²) in [6.07, 6.45) is 0.742. The van der Waals surface area contributed by atoms with Gasteiger partial charge in [0.25, 0.3) is 5.56 Å². The molecule has 0 radical (unpaired) electrons. The Bertz CT molecular complexity index is 1560. The summed E-state index contributed by atoms with van der Waals surface area (Å²) in [6, 6.07) is 14.0. The highest BCUT2D eigenvalue weighted by Gasteiger charge is 2.22. The molecule has 3 aromatic heterocycles. The lowest BCUT2D eigenvalue weighted by Crippen LogP contribution is -2.24. The number of benzene rings is 2. The minimum Gasteiger partial charge on any atom is -0.382 e. The number of aryl methyl sites for hydroxylation is 3. The molecule has 0 spiro atoms. The van der Waals surface area contributed by atoms with E-state index in [9.17, 15) is 4.79 Å². The summed E-state index contributed by atoms with van der Waals surface area (Å²) in [7, 11) is 0. The first-order valence-electron chi connectivity index (χ1n) is 11.3. The number of hydrogen-bond donors (Lipinski definition) is 0. The van der Waals surface area contributed by atoms with Gasteiger partial charge in [-0.05, 0) is 63.4 Å². The molecule has 7 nitrogen and oxygen atoms in total. The third-order valence-corrected chi connectivity index (χ3v) is 6.03. The lowest BCUT2D eigenvalue weighted by atomic mass is 10.1. The van der Waals surface area contributed by atoms with Crippen LogP contribution in [0.2, 0.25) is 0 Å². The molecule has 0 aliphatic heterocycles. The van der Waals surface area contributed by atoms with Crippen LogP contribution in [0, 0.1) is 20.8 Å². The largest absolute Gasteiger partial charge is 0.382 e. The summed E-state index contributed by atoms with van der Waals surface area (Å²) in [6.45, 7) is 9.78. The van der Waals surface area contributed by atoms with Crippen molar-refractivity contribution in [3.8, 4) is 5.69 Å². The summed E-state index contributed by atoms with van der Waals surface area (Å²) in [4.78, 5) is 28.5. The van der Waals surface area contributed by atoms with Gasteiger partial charge in [-0.1, -0.05) is 24.3 Å². The molecule has 5 rings (SSSR count). The van der Waals surface area contributed by atoms with E-state index < -0.39 is 0 Å². The first kappa shape index (κ1) is 21.3. The van der Waals surface area contributed by atoms with E-state index >= 15 is 0 Å². The normalized spacial score (nSPS) is 11.8. The molecule has 3 heterocycles. The van der Waals surface area contributed by atoms with Crippen molar-refractivity contribution in [3.63, 3.8) is 0 Å². The molecule has 0 amide bonds. The first-order chi connectivity index (χ1) is 16.0. The van der Waals surface area contributed by atoms with E-state index in [1.165, 1.54) is 0 Å². The molecular weight excluding hydrogens is 414 g/mol. The second-order valence-corrected chi connectivity index (χ2v) is 8.37. The van der Waals surface area contributed by atoms with Crippen molar-refractivity contribution in [3.05, 3.63) is 69.8 Å². The number of para-hydroxylation sites is 2. The minimum atomic E-state index is -0.0902. The maximum Gasteiger partial charge on any atom is 0.265 e. The molecule has 0 N–H and O–H groups in total. The standard InChI is InChI=1S/C26H27N5O2/c1-5-33-14-8-13-30-18(4)27-24-22(26(30)32)23-25(29-20-10-7-6-9-19(20)28-23)31(24)21-15-16(2)11-12-17(21)3/h6-7,9-12,15H,5,8,13-14H2,1-4H3. The van der Waals surface area contributed by atoms with Crippen molar-refractivity contribution in [1.82, 2.24) is 24.1 Å². The molecule has 0 atom stereocenters. The van der Waals surface area contributed by atoms with Gasteiger partial charge < -0.3 is 4.74 Å². The van der Waals surface area contributed by atoms with E-state index in [1.54, 1.807) is 4.57 Å². The lowest BCUT2D eigenvalue weighted by molar-refractivity contribution is 0.141. The Morgan fingerprint density at radius 1 is 0.939 bits per heavy atom. The van der Waals surface area contributed by atoms with Crippen LogP contribution in [0.5, 0.6) is 0 Å². The van der Waals surface area contributed by atoms with Crippen molar-refractivity contribution >= 4 is 33.2 Å². The summed E-state index contributed by atoms with van der Waals surface area (Å²) in [5, 5.41) is 0.506. The highest BCUT2D eigenvalue weighted by atomic mass is 16.5. The monoisotopic (exact) mass is 441 g/mol. The molecule has 0 saturated heterocycles. The highest BCUT2D eigenvalue weighted by molar-refractivity contribution is 6.06. The van der Waals surface area contributed by atoms with Crippen LogP contribution < -0.4 is 5.56 Å². The summed E-state index contributed by atoms with van der Waals surface area (Å²) in [5.74, 6) is 0.669. The predicted octanol–water partition coefficient (Wildman–Crippen LogP) is 4.64. The van der Waals surface area contributed by atoms with E-state index in [2.05, 4.69) is 32.0 Å². The van der Waals surface area contributed by atoms with Crippen LogP contribution in [-0.4, -0.2) is 37.3 Å². The van der Waals surface area contributed by atoms with Crippen LogP contribution in [-0.2, 0) is 11.3 Å². The van der Waals surface area contributed by atoms with Crippen LogP contribution in [0.1, 0.15) is 30.3 Å². The van der Waals surface area contributed by atoms with Crippen LogP contribution in [0.4, 0.5) is 0 Å². The average molecular weight is 442 g/mol. The van der Waals surface area contributed by atoms with Crippen LogP contribution in [0.3, 0.4) is 0 Å². The summed E-state index contributed by atoms with van der Waals surface area (Å²) >= 11 is 0. The minimum absolute atomic E-state index is 0.0902. The summed E-state index contributed by atoms with van der Waals surface area (Å²) < 4.78 is 9.18. The average Bonchev–Trinajstić information content (AvgIpc) is 3.11.